The van der Waals surface area contributed by atoms with Crippen molar-refractivity contribution in [2.24, 2.45) is 0 Å². The summed E-state index contributed by atoms with van der Waals surface area (Å²) in [5, 5.41) is 12.0. The van der Waals surface area contributed by atoms with Crippen LogP contribution in [0.3, 0.4) is 0 Å². The van der Waals surface area contributed by atoms with E-state index in [1.807, 2.05) is 0 Å². The largest absolute Gasteiger partial charge is 0.489 e. The first-order valence-corrected chi connectivity index (χ1v) is 4.29. The van der Waals surface area contributed by atoms with Gasteiger partial charge in [0, 0.05) is 5.38 Å². The molecule has 1 aromatic heterocycles. The Labute approximate surface area is 75.1 Å². The average Bonchev–Trinajstić information content (AvgIpc) is 2.30. The highest BCUT2D eigenvalue weighted by Gasteiger charge is 2.19. The number of rotatable bonds is 2. The Morgan fingerprint density at radius 2 is 2.45 bits per heavy atom. The van der Waals surface area contributed by atoms with Crippen LogP contribution in [0.4, 0.5) is 5.00 Å². The van der Waals surface area contributed by atoms with Gasteiger partial charge in [-0.15, -0.1) is 0 Å². The summed E-state index contributed by atoms with van der Waals surface area (Å²) < 4.78 is 5.42. The quantitative estimate of drug-likeness (QED) is 0.587. The lowest BCUT2D eigenvalue weighted by atomic mass is 10.5. The van der Waals surface area contributed by atoms with Crippen LogP contribution in [0.2, 0.25) is 0 Å². The molecule has 6 heteroatoms. The summed E-state index contributed by atoms with van der Waals surface area (Å²) in [4.78, 5) is 9.85. The minimum absolute atomic E-state index is 0.0272. The maximum atomic E-state index is 10.3. The molecule has 0 saturated heterocycles. The van der Waals surface area contributed by atoms with Crippen molar-refractivity contribution in [2.75, 3.05) is 7.11 Å². The van der Waals surface area contributed by atoms with Gasteiger partial charge < -0.3 is 4.74 Å². The molecule has 1 rings (SSSR count). The van der Waals surface area contributed by atoms with Crippen molar-refractivity contribution in [2.45, 2.75) is 0 Å². The second kappa shape index (κ2) is 3.19. The number of hydrogen-bond acceptors (Lipinski definition) is 4. The molecule has 0 aliphatic rings. The lowest BCUT2D eigenvalue weighted by molar-refractivity contribution is -0.381. The Bertz CT molecular complexity index is 285. The molecular weight excluding hydrogens is 234 g/mol. The van der Waals surface area contributed by atoms with Gasteiger partial charge in [0.2, 0.25) is 5.75 Å². The molecule has 0 aliphatic heterocycles. The molecule has 11 heavy (non-hydrogen) atoms. The summed E-state index contributed by atoms with van der Waals surface area (Å²) in [6.45, 7) is 0. The maximum absolute atomic E-state index is 10.3. The third-order valence-corrected chi connectivity index (χ3v) is 2.86. The molecule has 0 N–H and O–H groups in total. The highest BCUT2D eigenvalue weighted by atomic mass is 79.9. The number of nitro groups is 1. The van der Waals surface area contributed by atoms with Gasteiger partial charge in [-0.2, -0.15) is 0 Å². The van der Waals surface area contributed by atoms with E-state index in [1.165, 1.54) is 7.11 Å². The van der Waals surface area contributed by atoms with Crippen molar-refractivity contribution in [3.8, 4) is 5.75 Å². The molecule has 0 fully saturated rings. The second-order valence-electron chi connectivity index (χ2n) is 1.68. The summed E-state index contributed by atoms with van der Waals surface area (Å²) in [6.07, 6.45) is 0. The van der Waals surface area contributed by atoms with Crippen molar-refractivity contribution in [3.05, 3.63) is 20.0 Å². The van der Waals surface area contributed by atoms with Gasteiger partial charge >= 0.3 is 5.00 Å². The van der Waals surface area contributed by atoms with Crippen molar-refractivity contribution in [1.82, 2.24) is 0 Å². The monoisotopic (exact) mass is 237 g/mol. The van der Waals surface area contributed by atoms with Crippen LogP contribution >= 0.6 is 27.3 Å². The summed E-state index contributed by atoms with van der Waals surface area (Å²) in [5.41, 5.74) is 0. The fraction of sp³-hybridized carbons (Fsp3) is 0.200. The third-order valence-electron chi connectivity index (χ3n) is 1.06. The van der Waals surface area contributed by atoms with Crippen LogP contribution in [0.1, 0.15) is 0 Å². The van der Waals surface area contributed by atoms with Gasteiger partial charge in [0.05, 0.1) is 16.5 Å². The molecule has 60 valence electrons. The van der Waals surface area contributed by atoms with Crippen LogP contribution in [-0.2, 0) is 0 Å². The zero-order chi connectivity index (χ0) is 8.43. The van der Waals surface area contributed by atoms with E-state index in [9.17, 15) is 10.1 Å². The minimum atomic E-state index is -0.464. The van der Waals surface area contributed by atoms with E-state index >= 15 is 0 Å². The second-order valence-corrected chi connectivity index (χ2v) is 3.39. The highest BCUT2D eigenvalue weighted by Crippen LogP contribution is 2.40. The lowest BCUT2D eigenvalue weighted by Crippen LogP contribution is -1.88. The van der Waals surface area contributed by atoms with Gasteiger partial charge in [0.25, 0.3) is 0 Å². The zero-order valence-corrected chi connectivity index (χ0v) is 7.94. The van der Waals surface area contributed by atoms with Crippen molar-refractivity contribution in [3.63, 3.8) is 0 Å². The maximum Gasteiger partial charge on any atom is 0.367 e. The highest BCUT2D eigenvalue weighted by molar-refractivity contribution is 9.10. The summed E-state index contributed by atoms with van der Waals surface area (Å²) in [5.74, 6) is 0.292. The fourth-order valence-corrected chi connectivity index (χ4v) is 2.10. The third kappa shape index (κ3) is 1.51. The molecular formula is C5H4BrNO3S. The first-order valence-electron chi connectivity index (χ1n) is 2.62. The van der Waals surface area contributed by atoms with E-state index in [0.29, 0.717) is 10.2 Å². The van der Waals surface area contributed by atoms with Gasteiger partial charge in [-0.25, -0.2) is 0 Å². The molecule has 0 radical (unpaired) electrons. The summed E-state index contributed by atoms with van der Waals surface area (Å²) in [6, 6.07) is 0. The molecule has 0 unspecified atom stereocenters. The minimum Gasteiger partial charge on any atom is -0.489 e. The molecule has 0 bridgehead atoms. The molecule has 0 amide bonds. The van der Waals surface area contributed by atoms with E-state index in [0.717, 1.165) is 11.3 Å². The Balaban J connectivity index is 3.15. The van der Waals surface area contributed by atoms with E-state index in [-0.39, 0.29) is 5.00 Å². The first kappa shape index (κ1) is 8.48. The average molecular weight is 238 g/mol. The van der Waals surface area contributed by atoms with E-state index in [2.05, 4.69) is 15.9 Å². The van der Waals surface area contributed by atoms with Gasteiger partial charge in [0.15, 0.2) is 0 Å². The molecule has 0 aliphatic carbocycles. The summed E-state index contributed by atoms with van der Waals surface area (Å²) >= 11 is 4.16. The number of halogens is 1. The zero-order valence-electron chi connectivity index (χ0n) is 5.54. The van der Waals surface area contributed by atoms with E-state index in [4.69, 9.17) is 4.74 Å². The van der Waals surface area contributed by atoms with Crippen LogP contribution in [-0.4, -0.2) is 12.0 Å². The predicted octanol–water partition coefficient (Wildman–Crippen LogP) is 2.43. The van der Waals surface area contributed by atoms with Crippen molar-refractivity contribution < 1.29 is 9.66 Å². The molecule has 0 aromatic carbocycles. The standard InChI is InChI=1S/C5H4BrNO3S/c1-10-4-3(6)2-11-5(4)7(8)9/h2H,1H3. The van der Waals surface area contributed by atoms with Crippen LogP contribution in [0.5, 0.6) is 5.75 Å². The normalized spacial score (nSPS) is 9.64. The van der Waals surface area contributed by atoms with Crippen LogP contribution < -0.4 is 4.74 Å². The van der Waals surface area contributed by atoms with Crippen LogP contribution in [0.15, 0.2) is 9.85 Å². The smallest absolute Gasteiger partial charge is 0.367 e. The molecule has 4 nitrogen and oxygen atoms in total. The van der Waals surface area contributed by atoms with Crippen LogP contribution in [0.25, 0.3) is 0 Å². The van der Waals surface area contributed by atoms with Crippen molar-refractivity contribution in [1.29, 1.82) is 0 Å². The molecule has 0 spiro atoms. The Hall–Kier alpha value is -0.620. The lowest BCUT2D eigenvalue weighted by Gasteiger charge is -1.94. The molecule has 0 atom stereocenters. The molecule has 1 heterocycles. The Morgan fingerprint density at radius 1 is 1.82 bits per heavy atom. The number of hydrogen-bond donors (Lipinski definition) is 0. The number of thiophene rings is 1. The van der Waals surface area contributed by atoms with Crippen LogP contribution in [0, 0.1) is 10.1 Å². The SMILES string of the molecule is COc1c(Br)csc1[N+](=O)[O-]. The number of ether oxygens (including phenoxy) is 1. The van der Waals surface area contributed by atoms with Gasteiger partial charge in [0.1, 0.15) is 0 Å². The molecule has 0 saturated carbocycles. The van der Waals surface area contributed by atoms with Gasteiger partial charge in [-0.3, -0.25) is 10.1 Å². The van der Waals surface area contributed by atoms with E-state index in [1.54, 1.807) is 5.38 Å². The first-order chi connectivity index (χ1) is 5.16. The number of methoxy groups -OCH3 is 1. The van der Waals surface area contributed by atoms with Crippen molar-refractivity contribution >= 4 is 32.3 Å². The van der Waals surface area contributed by atoms with Gasteiger partial charge in [-0.05, 0) is 15.9 Å². The molecule has 1 aromatic rings. The fourth-order valence-electron chi connectivity index (χ4n) is 0.627. The predicted molar refractivity (Wildman–Crippen MR) is 45.2 cm³/mol. The van der Waals surface area contributed by atoms with Gasteiger partial charge in [-0.1, -0.05) is 11.3 Å². The Morgan fingerprint density at radius 3 is 2.82 bits per heavy atom. The summed E-state index contributed by atoms with van der Waals surface area (Å²) in [7, 11) is 1.40. The number of nitrogens with zero attached hydrogens (tertiary/aromatic N) is 1. The van der Waals surface area contributed by atoms with E-state index < -0.39 is 4.92 Å². The Kier molecular flexibility index (Phi) is 2.45. The topological polar surface area (TPSA) is 52.4 Å².